The van der Waals surface area contributed by atoms with Crippen molar-refractivity contribution >= 4 is 38.5 Å². The largest absolute Gasteiger partial charge is 0.380 e. The Bertz CT molecular complexity index is 1050. The lowest BCUT2D eigenvalue weighted by molar-refractivity contribution is 0.210. The smallest absolute Gasteiger partial charge is 0.164 e. The summed E-state index contributed by atoms with van der Waals surface area (Å²) in [6.45, 7) is 0. The molecule has 130 valence electrons. The van der Waals surface area contributed by atoms with Crippen LogP contribution in [0.5, 0.6) is 0 Å². The summed E-state index contributed by atoms with van der Waals surface area (Å²) in [6.07, 6.45) is 0.607. The van der Waals surface area contributed by atoms with Crippen molar-refractivity contribution in [2.75, 3.05) is 5.32 Å². The number of fused-ring (bicyclic) bond motifs is 1. The third-order valence-electron chi connectivity index (χ3n) is 3.85. The fraction of sp³-hybridized carbons (Fsp3) is 0.0556. The Morgan fingerprint density at radius 1 is 1.08 bits per heavy atom. The molecule has 1 atom stereocenters. The predicted molar refractivity (Wildman–Crippen MR) is 99.6 cm³/mol. The van der Waals surface area contributed by atoms with E-state index in [1.807, 2.05) is 18.2 Å². The van der Waals surface area contributed by atoms with Crippen molar-refractivity contribution in [1.82, 2.24) is 20.2 Å². The van der Waals surface area contributed by atoms with E-state index >= 15 is 0 Å². The zero-order valence-corrected chi connectivity index (χ0v) is 14.9. The molecule has 26 heavy (non-hydrogen) atoms. The van der Waals surface area contributed by atoms with Gasteiger partial charge in [0.05, 0.1) is 5.52 Å². The highest BCUT2D eigenvalue weighted by Gasteiger charge is 2.17. The van der Waals surface area contributed by atoms with Crippen LogP contribution in [-0.4, -0.2) is 25.3 Å². The highest BCUT2D eigenvalue weighted by Crippen LogP contribution is 2.29. The van der Waals surface area contributed by atoms with Crippen molar-refractivity contribution in [2.24, 2.45) is 0 Å². The number of benzene rings is 2. The van der Waals surface area contributed by atoms with Gasteiger partial charge >= 0.3 is 0 Å². The molecule has 0 amide bonds. The highest BCUT2D eigenvalue weighted by molar-refractivity contribution is 9.10. The topological polar surface area (TPSA) is 86.7 Å². The molecule has 0 bridgehead atoms. The summed E-state index contributed by atoms with van der Waals surface area (Å²) in [5.41, 5.74) is 1.16. The third kappa shape index (κ3) is 3.29. The molecule has 0 aliphatic carbocycles. The van der Waals surface area contributed by atoms with E-state index in [9.17, 15) is 9.50 Å². The number of halogens is 2. The molecule has 2 heterocycles. The second-order valence-corrected chi connectivity index (χ2v) is 6.55. The number of aliphatic hydroxyl groups excluding tert-OH is 1. The summed E-state index contributed by atoms with van der Waals surface area (Å²) < 4.78 is 14.0. The van der Waals surface area contributed by atoms with Gasteiger partial charge in [-0.05, 0) is 35.9 Å². The van der Waals surface area contributed by atoms with Crippen LogP contribution >= 0.6 is 15.9 Å². The molecule has 0 unspecified atom stereocenters. The Hall–Kier alpha value is -2.84. The predicted octanol–water partition coefficient (Wildman–Crippen LogP) is 4.08. The van der Waals surface area contributed by atoms with Crippen molar-refractivity contribution in [2.45, 2.75) is 6.10 Å². The van der Waals surface area contributed by atoms with Gasteiger partial charge in [-0.1, -0.05) is 28.1 Å². The molecule has 0 fully saturated rings. The van der Waals surface area contributed by atoms with Crippen LogP contribution in [0.2, 0.25) is 0 Å². The second-order valence-electron chi connectivity index (χ2n) is 5.63. The normalized spacial score (nSPS) is 12.3. The SMILES string of the molecule is O[C@@H](c1ccc(F)cc1)c1nc(Nc2cc[nH]n2)c2ccc(Br)cc2n1. The monoisotopic (exact) mass is 413 g/mol. The average molecular weight is 414 g/mol. The molecule has 2 aromatic heterocycles. The van der Waals surface area contributed by atoms with Crippen LogP contribution in [0, 0.1) is 5.82 Å². The van der Waals surface area contributed by atoms with E-state index in [-0.39, 0.29) is 11.6 Å². The van der Waals surface area contributed by atoms with Gasteiger partial charge in [-0.2, -0.15) is 5.10 Å². The van der Waals surface area contributed by atoms with Crippen LogP contribution in [-0.2, 0) is 0 Å². The minimum absolute atomic E-state index is 0.209. The Labute approximate surface area is 156 Å². The number of nitrogens with zero attached hydrogens (tertiary/aromatic N) is 3. The molecule has 4 rings (SSSR count). The summed E-state index contributed by atoms with van der Waals surface area (Å²) in [5, 5.41) is 21.4. The van der Waals surface area contributed by atoms with Gasteiger partial charge in [0.25, 0.3) is 0 Å². The van der Waals surface area contributed by atoms with Gasteiger partial charge in [0.15, 0.2) is 11.6 Å². The van der Waals surface area contributed by atoms with Gasteiger partial charge in [0, 0.05) is 22.1 Å². The maximum atomic E-state index is 13.1. The van der Waals surface area contributed by atoms with Crippen LogP contribution in [0.4, 0.5) is 16.0 Å². The van der Waals surface area contributed by atoms with Crippen LogP contribution < -0.4 is 5.32 Å². The Kier molecular flexibility index (Phi) is 4.36. The van der Waals surface area contributed by atoms with Crippen molar-refractivity contribution in [3.63, 3.8) is 0 Å². The molecular formula is C18H13BrFN5O. The number of rotatable bonds is 4. The van der Waals surface area contributed by atoms with Gasteiger partial charge in [-0.3, -0.25) is 5.10 Å². The summed E-state index contributed by atoms with van der Waals surface area (Å²) in [4.78, 5) is 8.94. The molecule has 6 nitrogen and oxygen atoms in total. The minimum Gasteiger partial charge on any atom is -0.380 e. The standard InChI is InChI=1S/C18H13BrFN5O/c19-11-3-6-13-14(9-11)22-18(16(26)10-1-4-12(20)5-2-10)24-17(13)23-15-7-8-21-25-15/h1-9,16,26H,(H2,21,22,23,24,25)/t16-/m0/s1. The lowest BCUT2D eigenvalue weighted by atomic mass is 10.1. The van der Waals surface area contributed by atoms with Gasteiger partial charge in [-0.15, -0.1) is 0 Å². The number of anilines is 2. The number of aliphatic hydroxyl groups is 1. The fourth-order valence-electron chi connectivity index (χ4n) is 2.58. The van der Waals surface area contributed by atoms with E-state index in [0.717, 1.165) is 9.86 Å². The number of hydrogen-bond donors (Lipinski definition) is 3. The maximum absolute atomic E-state index is 13.1. The molecular weight excluding hydrogens is 401 g/mol. The first-order chi connectivity index (χ1) is 12.6. The number of aromatic amines is 1. The molecule has 0 saturated heterocycles. The molecule has 4 aromatic rings. The van der Waals surface area contributed by atoms with Crippen LogP contribution in [0.1, 0.15) is 17.5 Å². The lowest BCUT2D eigenvalue weighted by Crippen LogP contribution is -2.08. The maximum Gasteiger partial charge on any atom is 0.164 e. The number of H-pyrrole nitrogens is 1. The summed E-state index contributed by atoms with van der Waals surface area (Å²) in [6, 6.07) is 13.0. The average Bonchev–Trinajstić information content (AvgIpc) is 3.14. The molecule has 0 radical (unpaired) electrons. The summed E-state index contributed by atoms with van der Waals surface area (Å²) >= 11 is 3.43. The van der Waals surface area contributed by atoms with E-state index in [1.54, 1.807) is 12.3 Å². The van der Waals surface area contributed by atoms with E-state index in [1.165, 1.54) is 24.3 Å². The Balaban J connectivity index is 1.82. The molecule has 8 heteroatoms. The zero-order valence-electron chi connectivity index (χ0n) is 13.3. The number of nitrogens with one attached hydrogen (secondary N) is 2. The number of hydrogen-bond acceptors (Lipinski definition) is 5. The Morgan fingerprint density at radius 2 is 1.88 bits per heavy atom. The molecule has 0 aliphatic rings. The second kappa shape index (κ2) is 6.81. The molecule has 0 saturated carbocycles. The van der Waals surface area contributed by atoms with Gasteiger partial charge in [0.2, 0.25) is 0 Å². The first-order valence-corrected chi connectivity index (χ1v) is 8.57. The Morgan fingerprint density at radius 3 is 2.62 bits per heavy atom. The molecule has 0 aliphatic heterocycles. The molecule has 2 aromatic carbocycles. The van der Waals surface area contributed by atoms with E-state index < -0.39 is 6.10 Å². The fourth-order valence-corrected chi connectivity index (χ4v) is 2.93. The van der Waals surface area contributed by atoms with E-state index in [0.29, 0.717) is 22.7 Å². The minimum atomic E-state index is -1.08. The third-order valence-corrected chi connectivity index (χ3v) is 4.35. The van der Waals surface area contributed by atoms with Crippen molar-refractivity contribution in [3.05, 3.63) is 76.4 Å². The van der Waals surface area contributed by atoms with Crippen molar-refractivity contribution < 1.29 is 9.50 Å². The first-order valence-electron chi connectivity index (χ1n) is 7.78. The van der Waals surface area contributed by atoms with Gasteiger partial charge in [0.1, 0.15) is 17.7 Å². The lowest BCUT2D eigenvalue weighted by Gasteiger charge is -2.14. The molecule has 0 spiro atoms. The molecule has 3 N–H and O–H groups in total. The van der Waals surface area contributed by atoms with Crippen molar-refractivity contribution in [3.8, 4) is 0 Å². The number of aromatic nitrogens is 4. The summed E-state index contributed by atoms with van der Waals surface area (Å²) in [7, 11) is 0. The highest BCUT2D eigenvalue weighted by atomic mass is 79.9. The van der Waals surface area contributed by atoms with Gasteiger partial charge in [-0.25, -0.2) is 14.4 Å². The quantitative estimate of drug-likeness (QED) is 0.469. The van der Waals surface area contributed by atoms with Crippen LogP contribution in [0.15, 0.2) is 59.2 Å². The van der Waals surface area contributed by atoms with Crippen LogP contribution in [0.25, 0.3) is 10.9 Å². The van der Waals surface area contributed by atoms with Gasteiger partial charge < -0.3 is 10.4 Å². The van der Waals surface area contributed by atoms with E-state index in [4.69, 9.17) is 0 Å². The summed E-state index contributed by atoms with van der Waals surface area (Å²) in [5.74, 6) is 0.950. The van der Waals surface area contributed by atoms with Crippen molar-refractivity contribution in [1.29, 1.82) is 0 Å². The van der Waals surface area contributed by atoms with E-state index in [2.05, 4.69) is 41.4 Å². The zero-order chi connectivity index (χ0) is 18.1. The van der Waals surface area contributed by atoms with Crippen LogP contribution in [0.3, 0.4) is 0 Å². The first kappa shape index (κ1) is 16.6.